The first-order valence-electron chi connectivity index (χ1n) is 12.6. The molecule has 0 bridgehead atoms. The fourth-order valence-corrected chi connectivity index (χ4v) is 6.33. The lowest BCUT2D eigenvalue weighted by Crippen LogP contribution is -2.60. The Morgan fingerprint density at radius 2 is 1.90 bits per heavy atom. The van der Waals surface area contributed by atoms with Gasteiger partial charge in [0.05, 0.1) is 13.0 Å². The summed E-state index contributed by atoms with van der Waals surface area (Å²) in [6.07, 6.45) is -3.71. The first kappa shape index (κ1) is 29.0. The van der Waals surface area contributed by atoms with E-state index in [0.29, 0.717) is 21.2 Å². The molecule has 5 rings (SSSR count). The highest BCUT2D eigenvalue weighted by molar-refractivity contribution is 7.98. The van der Waals surface area contributed by atoms with Crippen LogP contribution in [0.15, 0.2) is 64.4 Å². The number of amides is 1. The van der Waals surface area contributed by atoms with E-state index in [-0.39, 0.29) is 13.0 Å². The van der Waals surface area contributed by atoms with Crippen LogP contribution in [-0.2, 0) is 15.3 Å². The number of esters is 1. The first-order valence-corrected chi connectivity index (χ1v) is 14.0. The second kappa shape index (κ2) is 11.4. The van der Waals surface area contributed by atoms with Gasteiger partial charge in [0.15, 0.2) is 5.69 Å². The Morgan fingerprint density at radius 3 is 2.63 bits per heavy atom. The number of benzene rings is 2. The maximum absolute atomic E-state index is 14.1. The second-order valence-electron chi connectivity index (χ2n) is 9.53. The van der Waals surface area contributed by atoms with Crippen LogP contribution >= 0.6 is 23.4 Å². The summed E-state index contributed by atoms with van der Waals surface area (Å²) >= 11 is 8.32. The van der Waals surface area contributed by atoms with Crippen LogP contribution in [0.2, 0.25) is 5.02 Å². The molecule has 0 spiro atoms. The molecule has 2 aromatic carbocycles. The summed E-state index contributed by atoms with van der Waals surface area (Å²) in [5, 5.41) is 1.94. The van der Waals surface area contributed by atoms with E-state index >= 15 is 0 Å². The molecule has 2 atom stereocenters. The topological polar surface area (TPSA) is 81.1 Å². The molecule has 0 unspecified atom stereocenters. The van der Waals surface area contributed by atoms with Crippen LogP contribution in [-0.4, -0.2) is 54.1 Å². The Balaban J connectivity index is 1.77. The summed E-state index contributed by atoms with van der Waals surface area (Å²) in [6, 6.07) is 11.0. The molecule has 8 nitrogen and oxygen atoms in total. The molecule has 1 amide bonds. The van der Waals surface area contributed by atoms with E-state index in [1.807, 2.05) is 30.3 Å². The predicted octanol–water partition coefficient (Wildman–Crippen LogP) is 5.14. The number of aromatic nitrogens is 1. The number of hydrogen-bond acceptors (Lipinski definition) is 7. The zero-order chi connectivity index (χ0) is 29.5. The minimum Gasteiger partial charge on any atom is -0.420 e. The highest BCUT2D eigenvalue weighted by atomic mass is 35.5. The fourth-order valence-electron chi connectivity index (χ4n) is 4.95. The quantitative estimate of drug-likeness (QED) is 0.359. The number of fused-ring (bicyclic) bond motifs is 3. The van der Waals surface area contributed by atoms with E-state index in [2.05, 4.69) is 0 Å². The van der Waals surface area contributed by atoms with E-state index in [1.54, 1.807) is 28.9 Å². The first-order chi connectivity index (χ1) is 19.5. The van der Waals surface area contributed by atoms with Gasteiger partial charge >= 0.3 is 12.1 Å². The summed E-state index contributed by atoms with van der Waals surface area (Å²) < 4.78 is 53.7. The van der Waals surface area contributed by atoms with Gasteiger partial charge in [-0.3, -0.25) is 24.1 Å². The number of rotatable bonds is 6. The number of carbonyl (C=O) groups is 2. The van der Waals surface area contributed by atoms with E-state index in [1.165, 1.54) is 18.0 Å². The molecule has 2 aliphatic heterocycles. The smallest absolute Gasteiger partial charge is 0.408 e. The summed E-state index contributed by atoms with van der Waals surface area (Å²) in [4.78, 5) is 40.7. The standard InChI is InChI=1S/C28H25ClF3N3O5S/c1-16(28(30,31)32)33-15-35(34-12-10-20(36)26(25(34)27(33)38)40-22(37)11-13-39-2)24-18-7-3-4-9-21(18)41-14-17-6-5-8-19(29)23(17)24/h3-10,12,16,24H,11,13-15H2,1-2H3/t16-,24-/m1/s1. The zero-order valence-corrected chi connectivity index (χ0v) is 23.6. The van der Waals surface area contributed by atoms with Crippen molar-refractivity contribution >= 4 is 35.2 Å². The second-order valence-corrected chi connectivity index (χ2v) is 11.0. The molecule has 0 aliphatic carbocycles. The molecule has 2 aliphatic rings. The van der Waals surface area contributed by atoms with Crippen molar-refractivity contribution in [3.8, 4) is 5.75 Å². The average molecular weight is 608 g/mol. The molecule has 0 saturated carbocycles. The molecular formula is C28H25ClF3N3O5S. The van der Waals surface area contributed by atoms with Crippen molar-refractivity contribution in [3.63, 3.8) is 0 Å². The van der Waals surface area contributed by atoms with Crippen molar-refractivity contribution in [2.45, 2.75) is 42.3 Å². The van der Waals surface area contributed by atoms with E-state index in [0.717, 1.165) is 29.0 Å². The van der Waals surface area contributed by atoms with Gasteiger partial charge in [0.2, 0.25) is 11.2 Å². The van der Waals surface area contributed by atoms with Crippen LogP contribution in [0, 0.1) is 0 Å². The molecule has 41 heavy (non-hydrogen) atoms. The summed E-state index contributed by atoms with van der Waals surface area (Å²) in [6.45, 7) is 0.355. The van der Waals surface area contributed by atoms with Gasteiger partial charge < -0.3 is 14.4 Å². The Kier molecular flexibility index (Phi) is 8.09. The van der Waals surface area contributed by atoms with Gasteiger partial charge in [-0.2, -0.15) is 13.2 Å². The highest BCUT2D eigenvalue weighted by Gasteiger charge is 2.48. The number of carbonyl (C=O) groups excluding carboxylic acids is 2. The number of methoxy groups -OCH3 is 1. The zero-order valence-electron chi connectivity index (χ0n) is 22.0. The monoisotopic (exact) mass is 607 g/mol. The SMILES string of the molecule is COCCC(=O)Oc1c2n(ccc1=O)N([C@@H]1c3ccccc3SCc3cccc(Cl)c31)CN([C@H](C)C(F)(F)F)C2=O. The van der Waals surface area contributed by atoms with Gasteiger partial charge in [-0.25, -0.2) is 0 Å². The van der Waals surface area contributed by atoms with Crippen LogP contribution in [0.25, 0.3) is 0 Å². The number of alkyl halides is 3. The third-order valence-electron chi connectivity index (χ3n) is 7.05. The van der Waals surface area contributed by atoms with Crippen LogP contribution in [0.5, 0.6) is 5.75 Å². The molecule has 3 aromatic rings. The summed E-state index contributed by atoms with van der Waals surface area (Å²) in [5.41, 5.74) is 0.955. The Morgan fingerprint density at radius 1 is 1.15 bits per heavy atom. The third-order valence-corrected chi connectivity index (χ3v) is 8.52. The number of pyridine rings is 1. The molecule has 0 radical (unpaired) electrons. The average Bonchev–Trinajstić information content (AvgIpc) is 3.10. The largest absolute Gasteiger partial charge is 0.420 e. The van der Waals surface area contributed by atoms with Crippen molar-refractivity contribution in [2.24, 2.45) is 0 Å². The lowest BCUT2D eigenvalue weighted by molar-refractivity contribution is -0.173. The molecule has 216 valence electrons. The van der Waals surface area contributed by atoms with E-state index in [4.69, 9.17) is 21.1 Å². The molecule has 0 N–H and O–H groups in total. The van der Waals surface area contributed by atoms with Crippen LogP contribution < -0.4 is 15.2 Å². The number of halogens is 4. The van der Waals surface area contributed by atoms with Gasteiger partial charge in [0.25, 0.3) is 5.91 Å². The maximum Gasteiger partial charge on any atom is 0.408 e. The maximum atomic E-state index is 14.1. The molecule has 1 aromatic heterocycles. The predicted molar refractivity (Wildman–Crippen MR) is 147 cm³/mol. The van der Waals surface area contributed by atoms with Crippen molar-refractivity contribution < 1.29 is 32.2 Å². The number of ether oxygens (including phenoxy) is 2. The Hall–Kier alpha value is -3.48. The van der Waals surface area contributed by atoms with Gasteiger partial charge in [0.1, 0.15) is 18.8 Å². The van der Waals surface area contributed by atoms with E-state index in [9.17, 15) is 27.6 Å². The Bertz CT molecular complexity index is 1560. The number of nitrogens with zero attached hydrogens (tertiary/aromatic N) is 3. The number of hydrogen-bond donors (Lipinski definition) is 0. The van der Waals surface area contributed by atoms with Crippen LogP contribution in [0.3, 0.4) is 0 Å². The minimum atomic E-state index is -4.78. The van der Waals surface area contributed by atoms with Crippen molar-refractivity contribution in [1.29, 1.82) is 0 Å². The van der Waals surface area contributed by atoms with Crippen molar-refractivity contribution in [1.82, 2.24) is 9.58 Å². The third kappa shape index (κ3) is 5.43. The normalized spacial score (nSPS) is 17.3. The Labute approximate surface area is 242 Å². The lowest BCUT2D eigenvalue weighted by Gasteiger charge is -2.46. The minimum absolute atomic E-state index is 0.0156. The molecule has 13 heteroatoms. The van der Waals surface area contributed by atoms with Crippen molar-refractivity contribution in [3.05, 3.63) is 92.4 Å². The molecule has 0 fully saturated rings. The molecule has 3 heterocycles. The molecule has 0 saturated heterocycles. The van der Waals surface area contributed by atoms with Crippen LogP contribution in [0.1, 0.15) is 46.6 Å². The lowest BCUT2D eigenvalue weighted by atomic mass is 9.94. The van der Waals surface area contributed by atoms with Gasteiger partial charge in [0, 0.05) is 40.6 Å². The van der Waals surface area contributed by atoms with Gasteiger partial charge in [-0.15, -0.1) is 11.8 Å². The summed E-state index contributed by atoms with van der Waals surface area (Å²) in [5.74, 6) is -2.08. The van der Waals surface area contributed by atoms with Gasteiger partial charge in [-0.1, -0.05) is 41.9 Å². The van der Waals surface area contributed by atoms with Crippen molar-refractivity contribution in [2.75, 3.05) is 25.4 Å². The van der Waals surface area contributed by atoms with Crippen LogP contribution in [0.4, 0.5) is 13.2 Å². The van der Waals surface area contributed by atoms with E-state index < -0.39 is 53.7 Å². The van der Waals surface area contributed by atoms with Gasteiger partial charge in [-0.05, 0) is 30.2 Å². The fraction of sp³-hybridized carbons (Fsp3) is 0.321. The highest BCUT2D eigenvalue weighted by Crippen LogP contribution is 2.45. The summed E-state index contributed by atoms with van der Waals surface area (Å²) in [7, 11) is 1.37. The molecular weight excluding hydrogens is 583 g/mol. The number of thioether (sulfide) groups is 1.